The van der Waals surface area contributed by atoms with E-state index in [1.807, 2.05) is 34.6 Å². The maximum Gasteiger partial charge on any atom is 0.245 e. The topological polar surface area (TPSA) is 62.3 Å². The molecule has 0 radical (unpaired) electrons. The van der Waals surface area contributed by atoms with E-state index in [1.165, 1.54) is 0 Å². The predicted octanol–water partition coefficient (Wildman–Crippen LogP) is 2.02. The lowest BCUT2D eigenvalue weighted by atomic mass is 9.83. The van der Waals surface area contributed by atoms with Crippen LogP contribution >= 0.6 is 11.3 Å². The molecular formula is C15H23N3O2S. The smallest absolute Gasteiger partial charge is 0.245 e. The van der Waals surface area contributed by atoms with Crippen molar-refractivity contribution >= 4 is 23.2 Å². The van der Waals surface area contributed by atoms with Crippen molar-refractivity contribution in [2.24, 2.45) is 5.41 Å². The molecule has 116 valence electrons. The van der Waals surface area contributed by atoms with Gasteiger partial charge in [-0.25, -0.2) is 4.98 Å². The molecule has 1 N–H and O–H groups in total. The molecule has 1 saturated heterocycles. The maximum absolute atomic E-state index is 12.5. The lowest BCUT2D eigenvalue weighted by Gasteiger charge is -2.43. The number of carbonyl (C=O) groups is 2. The van der Waals surface area contributed by atoms with Gasteiger partial charge in [0.1, 0.15) is 17.1 Å². The minimum absolute atomic E-state index is 0.0416. The first-order valence-electron chi connectivity index (χ1n) is 7.15. The molecule has 0 aromatic carbocycles. The Kier molecular flexibility index (Phi) is 4.10. The number of nitrogens with one attached hydrogen (secondary N) is 1. The van der Waals surface area contributed by atoms with Gasteiger partial charge in [-0.3, -0.25) is 9.59 Å². The van der Waals surface area contributed by atoms with E-state index in [2.05, 4.69) is 10.3 Å². The van der Waals surface area contributed by atoms with Gasteiger partial charge in [0.15, 0.2) is 0 Å². The van der Waals surface area contributed by atoms with Crippen LogP contribution in [0, 0.1) is 19.3 Å². The zero-order chi connectivity index (χ0) is 15.9. The fourth-order valence-corrected chi connectivity index (χ4v) is 3.59. The quantitative estimate of drug-likeness (QED) is 0.909. The monoisotopic (exact) mass is 309 g/mol. The highest BCUT2D eigenvalue weighted by atomic mass is 32.1. The fraction of sp³-hybridized carbons (Fsp3) is 0.667. The number of hydrogen-bond donors (Lipinski definition) is 1. The lowest BCUT2D eigenvalue weighted by molar-refractivity contribution is -0.154. The van der Waals surface area contributed by atoms with E-state index in [-0.39, 0.29) is 17.2 Å². The van der Waals surface area contributed by atoms with Crippen LogP contribution in [0.2, 0.25) is 0 Å². The molecule has 1 aromatic heterocycles. The largest absolute Gasteiger partial charge is 0.343 e. The summed E-state index contributed by atoms with van der Waals surface area (Å²) in [6.07, 6.45) is 0. The highest BCUT2D eigenvalue weighted by Crippen LogP contribution is 2.30. The summed E-state index contributed by atoms with van der Waals surface area (Å²) in [5.74, 6) is -0.125. The number of amides is 2. The summed E-state index contributed by atoms with van der Waals surface area (Å²) in [6.45, 7) is 12.0. The Bertz CT molecular complexity index is 554. The van der Waals surface area contributed by atoms with Crippen LogP contribution in [0.4, 0.5) is 0 Å². The molecule has 2 atom stereocenters. The summed E-state index contributed by atoms with van der Waals surface area (Å²) in [6, 6.07) is -0.941. The van der Waals surface area contributed by atoms with E-state index in [0.29, 0.717) is 6.54 Å². The average Bonchev–Trinajstić information content (AvgIpc) is 2.63. The number of hydrogen-bond acceptors (Lipinski definition) is 4. The SMILES string of the molecule is Cc1nc(CN2C(=O)C(C)NC(=O)C2C(C)(C)C)sc1C. The molecule has 0 aliphatic carbocycles. The van der Waals surface area contributed by atoms with Crippen molar-refractivity contribution in [3.05, 3.63) is 15.6 Å². The molecule has 2 heterocycles. The predicted molar refractivity (Wildman–Crippen MR) is 83.0 cm³/mol. The molecule has 2 rings (SSSR count). The molecule has 0 bridgehead atoms. The van der Waals surface area contributed by atoms with Crippen LogP contribution in [0.1, 0.15) is 43.3 Å². The van der Waals surface area contributed by atoms with Crippen molar-refractivity contribution in [2.45, 2.75) is 60.2 Å². The van der Waals surface area contributed by atoms with Crippen molar-refractivity contribution < 1.29 is 9.59 Å². The van der Waals surface area contributed by atoms with Gasteiger partial charge >= 0.3 is 0 Å². The maximum atomic E-state index is 12.5. The van der Waals surface area contributed by atoms with Crippen LogP contribution < -0.4 is 5.32 Å². The molecule has 6 heteroatoms. The van der Waals surface area contributed by atoms with E-state index in [1.54, 1.807) is 23.2 Å². The van der Waals surface area contributed by atoms with Gasteiger partial charge in [0, 0.05) is 4.88 Å². The van der Waals surface area contributed by atoms with Crippen LogP contribution in [0.25, 0.3) is 0 Å². The third-order valence-electron chi connectivity index (χ3n) is 3.77. The fourth-order valence-electron chi connectivity index (χ4n) is 2.65. The zero-order valence-electron chi connectivity index (χ0n) is 13.5. The van der Waals surface area contributed by atoms with Crippen molar-refractivity contribution in [1.29, 1.82) is 0 Å². The van der Waals surface area contributed by atoms with Gasteiger partial charge in [0.05, 0.1) is 12.2 Å². The molecule has 1 aromatic rings. The number of aromatic nitrogens is 1. The highest BCUT2D eigenvalue weighted by Gasteiger charge is 2.44. The average molecular weight is 309 g/mol. The summed E-state index contributed by atoms with van der Waals surface area (Å²) >= 11 is 1.59. The van der Waals surface area contributed by atoms with Crippen molar-refractivity contribution in [3.63, 3.8) is 0 Å². The van der Waals surface area contributed by atoms with Gasteiger partial charge in [-0.15, -0.1) is 11.3 Å². The minimum atomic E-state index is -0.474. The first-order chi connectivity index (χ1) is 9.61. The Morgan fingerprint density at radius 2 is 1.90 bits per heavy atom. The molecule has 1 fully saturated rings. The van der Waals surface area contributed by atoms with Crippen molar-refractivity contribution in [1.82, 2.24) is 15.2 Å². The van der Waals surface area contributed by atoms with Crippen molar-refractivity contribution in [2.75, 3.05) is 0 Å². The van der Waals surface area contributed by atoms with Gasteiger partial charge in [0.2, 0.25) is 11.8 Å². The number of aryl methyl sites for hydroxylation is 2. The Balaban J connectivity index is 2.34. The molecule has 5 nitrogen and oxygen atoms in total. The lowest BCUT2D eigenvalue weighted by Crippen LogP contribution is -2.65. The molecule has 21 heavy (non-hydrogen) atoms. The van der Waals surface area contributed by atoms with Crippen LogP contribution in [-0.2, 0) is 16.1 Å². The Labute approximate surface area is 129 Å². The third-order valence-corrected chi connectivity index (χ3v) is 4.83. The van der Waals surface area contributed by atoms with Gasteiger partial charge in [-0.05, 0) is 26.2 Å². The first-order valence-corrected chi connectivity index (χ1v) is 7.96. The number of nitrogens with zero attached hydrogens (tertiary/aromatic N) is 2. The van der Waals surface area contributed by atoms with Crippen molar-refractivity contribution in [3.8, 4) is 0 Å². The van der Waals surface area contributed by atoms with Crippen LogP contribution in [0.5, 0.6) is 0 Å². The minimum Gasteiger partial charge on any atom is -0.343 e. The molecule has 0 spiro atoms. The summed E-state index contributed by atoms with van der Waals surface area (Å²) < 4.78 is 0. The number of rotatable bonds is 2. The Hall–Kier alpha value is -1.43. The second-order valence-corrected chi connectivity index (χ2v) is 8.00. The van der Waals surface area contributed by atoms with E-state index in [0.717, 1.165) is 15.6 Å². The summed E-state index contributed by atoms with van der Waals surface area (Å²) in [7, 11) is 0. The van der Waals surface area contributed by atoms with E-state index < -0.39 is 12.1 Å². The summed E-state index contributed by atoms with van der Waals surface area (Å²) in [4.78, 5) is 32.2. The van der Waals surface area contributed by atoms with Crippen LogP contribution in [0.3, 0.4) is 0 Å². The molecule has 1 aliphatic rings. The molecule has 0 saturated carbocycles. The Morgan fingerprint density at radius 3 is 2.38 bits per heavy atom. The summed E-state index contributed by atoms with van der Waals surface area (Å²) in [5.41, 5.74) is 0.672. The van der Waals surface area contributed by atoms with Gasteiger partial charge < -0.3 is 10.2 Å². The highest BCUT2D eigenvalue weighted by molar-refractivity contribution is 7.11. The van der Waals surface area contributed by atoms with Gasteiger partial charge in [0.25, 0.3) is 0 Å². The van der Waals surface area contributed by atoms with Gasteiger partial charge in [-0.1, -0.05) is 20.8 Å². The second-order valence-electron chi connectivity index (χ2n) is 6.71. The molecule has 2 unspecified atom stereocenters. The number of thiazole rings is 1. The van der Waals surface area contributed by atoms with E-state index in [4.69, 9.17) is 0 Å². The standard InChI is InChI=1S/C15H23N3O2S/c1-8-10(3)21-11(16-8)7-18-12(15(4,5)6)13(19)17-9(2)14(18)20/h9,12H,7H2,1-6H3,(H,17,19). The zero-order valence-corrected chi connectivity index (χ0v) is 14.3. The summed E-state index contributed by atoms with van der Waals surface area (Å²) in [5, 5.41) is 3.65. The second kappa shape index (κ2) is 5.40. The van der Waals surface area contributed by atoms with Crippen LogP contribution in [0.15, 0.2) is 0 Å². The normalized spacial score (nSPS) is 23.4. The van der Waals surface area contributed by atoms with E-state index >= 15 is 0 Å². The first kappa shape index (κ1) is 15.9. The molecule has 1 aliphatic heterocycles. The molecule has 2 amide bonds. The third kappa shape index (κ3) is 3.10. The number of piperazine rings is 1. The molecular weight excluding hydrogens is 286 g/mol. The Morgan fingerprint density at radius 1 is 1.29 bits per heavy atom. The number of carbonyl (C=O) groups excluding carboxylic acids is 2. The van der Waals surface area contributed by atoms with E-state index in [9.17, 15) is 9.59 Å². The van der Waals surface area contributed by atoms with Gasteiger partial charge in [-0.2, -0.15) is 0 Å². The van der Waals surface area contributed by atoms with Crippen LogP contribution in [-0.4, -0.2) is 33.8 Å².